The first-order valence-electron chi connectivity index (χ1n) is 10.6. The van der Waals surface area contributed by atoms with Crippen LogP contribution in [0.2, 0.25) is 0 Å². The number of likely N-dealkylation sites (tertiary alicyclic amines) is 1. The fraction of sp³-hybridized carbons (Fsp3) is 0.417. The third-order valence-electron chi connectivity index (χ3n) is 6.12. The molecule has 152 valence electrons. The number of amides is 2. The Morgan fingerprint density at radius 1 is 0.724 bits per heavy atom. The smallest absolute Gasteiger partial charge is 0.253 e. The number of piperazine rings is 1. The molecule has 0 radical (unpaired) electrons. The van der Waals surface area contributed by atoms with E-state index in [0.29, 0.717) is 30.1 Å². The number of anilines is 1. The molecule has 5 nitrogen and oxygen atoms in total. The number of hydrogen-bond donors (Lipinski definition) is 0. The second-order valence-corrected chi connectivity index (χ2v) is 8.17. The molecule has 2 fully saturated rings. The third-order valence-corrected chi connectivity index (χ3v) is 6.12. The molecule has 2 aliphatic rings. The Bertz CT molecular complexity index is 851. The largest absolute Gasteiger partial charge is 0.368 e. The zero-order valence-electron chi connectivity index (χ0n) is 17.1. The number of piperidine rings is 1. The van der Waals surface area contributed by atoms with Crippen molar-refractivity contribution in [3.8, 4) is 0 Å². The maximum absolute atomic E-state index is 13.0. The summed E-state index contributed by atoms with van der Waals surface area (Å²) >= 11 is 0. The van der Waals surface area contributed by atoms with Gasteiger partial charge in [-0.05, 0) is 49.1 Å². The Labute approximate surface area is 172 Å². The van der Waals surface area contributed by atoms with Crippen LogP contribution in [0.15, 0.2) is 54.6 Å². The number of hydrogen-bond acceptors (Lipinski definition) is 3. The Hall–Kier alpha value is -2.82. The van der Waals surface area contributed by atoms with Crippen LogP contribution in [0.4, 0.5) is 5.69 Å². The summed E-state index contributed by atoms with van der Waals surface area (Å²) < 4.78 is 0. The average Bonchev–Trinajstić information content (AvgIpc) is 2.79. The summed E-state index contributed by atoms with van der Waals surface area (Å²) in [6.07, 6.45) is 2.10. The van der Waals surface area contributed by atoms with Crippen LogP contribution in [0.25, 0.3) is 0 Å². The summed E-state index contributed by atoms with van der Waals surface area (Å²) in [4.78, 5) is 32.0. The van der Waals surface area contributed by atoms with Crippen LogP contribution in [0, 0.1) is 5.92 Å². The Morgan fingerprint density at radius 2 is 1.28 bits per heavy atom. The summed E-state index contributed by atoms with van der Waals surface area (Å²) in [5, 5.41) is 0. The van der Waals surface area contributed by atoms with Gasteiger partial charge in [0, 0.05) is 56.1 Å². The lowest BCUT2D eigenvalue weighted by Gasteiger charge is -2.36. The third kappa shape index (κ3) is 4.44. The van der Waals surface area contributed by atoms with Crippen LogP contribution in [0.1, 0.15) is 40.5 Å². The minimum Gasteiger partial charge on any atom is -0.368 e. The lowest BCUT2D eigenvalue weighted by atomic mass is 9.98. The maximum atomic E-state index is 13.0. The molecule has 0 bridgehead atoms. The molecule has 2 amide bonds. The number of rotatable bonds is 3. The van der Waals surface area contributed by atoms with Crippen molar-refractivity contribution in [2.75, 3.05) is 44.2 Å². The summed E-state index contributed by atoms with van der Waals surface area (Å²) in [6.45, 7) is 6.87. The fourth-order valence-electron chi connectivity index (χ4n) is 4.17. The zero-order valence-corrected chi connectivity index (χ0v) is 17.1. The monoisotopic (exact) mass is 391 g/mol. The quantitative estimate of drug-likeness (QED) is 0.804. The van der Waals surface area contributed by atoms with Crippen molar-refractivity contribution in [1.29, 1.82) is 0 Å². The molecule has 0 unspecified atom stereocenters. The highest BCUT2D eigenvalue weighted by atomic mass is 16.2. The van der Waals surface area contributed by atoms with Gasteiger partial charge >= 0.3 is 0 Å². The lowest BCUT2D eigenvalue weighted by Crippen LogP contribution is -2.48. The van der Waals surface area contributed by atoms with Gasteiger partial charge in [-0.3, -0.25) is 9.59 Å². The highest BCUT2D eigenvalue weighted by Gasteiger charge is 2.25. The molecular formula is C24H29N3O2. The summed E-state index contributed by atoms with van der Waals surface area (Å²) in [6, 6.07) is 17.5. The molecule has 29 heavy (non-hydrogen) atoms. The molecule has 0 spiro atoms. The minimum atomic E-state index is 0.0135. The van der Waals surface area contributed by atoms with E-state index in [1.165, 1.54) is 5.69 Å². The number of para-hydroxylation sites is 1. The van der Waals surface area contributed by atoms with E-state index in [4.69, 9.17) is 0 Å². The molecule has 0 N–H and O–H groups in total. The first-order chi connectivity index (χ1) is 14.1. The highest BCUT2D eigenvalue weighted by molar-refractivity contribution is 5.99. The first kappa shape index (κ1) is 19.5. The van der Waals surface area contributed by atoms with Crippen molar-refractivity contribution in [1.82, 2.24) is 9.80 Å². The molecule has 2 aromatic carbocycles. The van der Waals surface area contributed by atoms with Crippen molar-refractivity contribution in [3.63, 3.8) is 0 Å². The van der Waals surface area contributed by atoms with Gasteiger partial charge in [0.15, 0.2) is 0 Å². The minimum absolute atomic E-state index is 0.0135. The Balaban J connectivity index is 1.39. The van der Waals surface area contributed by atoms with E-state index in [9.17, 15) is 9.59 Å². The topological polar surface area (TPSA) is 43.9 Å². The SMILES string of the molecule is CC1CCN(C(=O)c2cccc(C(=O)N3CCN(c4ccccc4)CC3)c2)CC1. The second kappa shape index (κ2) is 8.68. The van der Waals surface area contributed by atoms with Gasteiger partial charge in [-0.15, -0.1) is 0 Å². The molecule has 2 aliphatic heterocycles. The number of carbonyl (C=O) groups is 2. The number of nitrogens with zero attached hydrogens (tertiary/aromatic N) is 3. The fourth-order valence-corrected chi connectivity index (χ4v) is 4.17. The van der Waals surface area contributed by atoms with Crippen molar-refractivity contribution in [2.45, 2.75) is 19.8 Å². The van der Waals surface area contributed by atoms with E-state index in [1.807, 2.05) is 46.2 Å². The summed E-state index contributed by atoms with van der Waals surface area (Å²) in [5.41, 5.74) is 2.42. The Morgan fingerprint density at radius 3 is 1.86 bits per heavy atom. The standard InChI is InChI=1S/C24H29N3O2/c1-19-10-12-26(13-11-19)23(28)20-6-5-7-21(18-20)24(29)27-16-14-25(15-17-27)22-8-3-2-4-9-22/h2-9,18-19H,10-17H2,1H3. The zero-order chi connectivity index (χ0) is 20.2. The van der Waals surface area contributed by atoms with Gasteiger partial charge in [-0.2, -0.15) is 0 Å². The van der Waals surface area contributed by atoms with Gasteiger partial charge in [0.2, 0.25) is 0 Å². The van der Waals surface area contributed by atoms with Crippen molar-refractivity contribution in [3.05, 3.63) is 65.7 Å². The van der Waals surface area contributed by atoms with Crippen LogP contribution < -0.4 is 4.90 Å². The van der Waals surface area contributed by atoms with Crippen LogP contribution in [0.3, 0.4) is 0 Å². The van der Waals surface area contributed by atoms with E-state index in [2.05, 4.69) is 24.0 Å². The van der Waals surface area contributed by atoms with Crippen LogP contribution in [-0.4, -0.2) is 60.9 Å². The molecular weight excluding hydrogens is 362 g/mol. The average molecular weight is 392 g/mol. The summed E-state index contributed by atoms with van der Waals surface area (Å²) in [5.74, 6) is 0.738. The first-order valence-corrected chi connectivity index (χ1v) is 10.6. The van der Waals surface area contributed by atoms with E-state index in [-0.39, 0.29) is 11.8 Å². The van der Waals surface area contributed by atoms with Crippen molar-refractivity contribution >= 4 is 17.5 Å². The molecule has 0 aromatic heterocycles. The van der Waals surface area contributed by atoms with Crippen LogP contribution in [-0.2, 0) is 0 Å². The molecule has 2 heterocycles. The van der Waals surface area contributed by atoms with Gasteiger partial charge in [-0.1, -0.05) is 31.2 Å². The van der Waals surface area contributed by atoms with Gasteiger partial charge in [-0.25, -0.2) is 0 Å². The van der Waals surface area contributed by atoms with Crippen LogP contribution >= 0.6 is 0 Å². The van der Waals surface area contributed by atoms with E-state index in [1.54, 1.807) is 6.07 Å². The van der Waals surface area contributed by atoms with E-state index < -0.39 is 0 Å². The predicted molar refractivity (Wildman–Crippen MR) is 115 cm³/mol. The number of benzene rings is 2. The van der Waals surface area contributed by atoms with Crippen molar-refractivity contribution in [2.24, 2.45) is 5.92 Å². The molecule has 0 aliphatic carbocycles. The predicted octanol–water partition coefficient (Wildman–Crippen LogP) is 3.52. The summed E-state index contributed by atoms with van der Waals surface area (Å²) in [7, 11) is 0. The highest BCUT2D eigenvalue weighted by Crippen LogP contribution is 2.20. The van der Waals surface area contributed by atoms with E-state index >= 15 is 0 Å². The molecule has 0 saturated carbocycles. The molecule has 2 aromatic rings. The lowest BCUT2D eigenvalue weighted by molar-refractivity contribution is 0.0697. The number of carbonyl (C=O) groups excluding carboxylic acids is 2. The van der Waals surface area contributed by atoms with Gasteiger partial charge in [0.25, 0.3) is 11.8 Å². The maximum Gasteiger partial charge on any atom is 0.253 e. The van der Waals surface area contributed by atoms with Gasteiger partial charge in [0.1, 0.15) is 0 Å². The molecule has 2 saturated heterocycles. The van der Waals surface area contributed by atoms with Gasteiger partial charge in [0.05, 0.1) is 0 Å². The Kier molecular flexibility index (Phi) is 5.84. The van der Waals surface area contributed by atoms with Gasteiger partial charge < -0.3 is 14.7 Å². The second-order valence-electron chi connectivity index (χ2n) is 8.17. The van der Waals surface area contributed by atoms with Crippen LogP contribution in [0.5, 0.6) is 0 Å². The normalized spacial score (nSPS) is 18.0. The van der Waals surface area contributed by atoms with Crippen molar-refractivity contribution < 1.29 is 9.59 Å². The molecule has 0 atom stereocenters. The molecule has 5 heteroatoms. The molecule has 4 rings (SSSR count). The van der Waals surface area contributed by atoms with E-state index in [0.717, 1.165) is 39.0 Å².